The van der Waals surface area contributed by atoms with E-state index in [9.17, 15) is 9.18 Å². The van der Waals surface area contributed by atoms with Gasteiger partial charge in [-0.15, -0.1) is 0 Å². The summed E-state index contributed by atoms with van der Waals surface area (Å²) < 4.78 is 26.7. The lowest BCUT2D eigenvalue weighted by atomic mass is 9.74. The van der Waals surface area contributed by atoms with Gasteiger partial charge in [0.25, 0.3) is 5.91 Å². The van der Waals surface area contributed by atoms with E-state index in [4.69, 9.17) is 21.8 Å². The number of nitrogens with two attached hydrogens (primary N) is 1. The molecule has 1 amide bonds. The number of amides is 1. The molecule has 0 aliphatic carbocycles. The molecule has 5 rings (SSSR count). The monoisotopic (exact) mass is 420 g/mol. The number of rotatable bonds is 1. The Labute approximate surface area is 179 Å². The number of fused-ring (bicyclic) bond motifs is 2. The van der Waals surface area contributed by atoms with Crippen molar-refractivity contribution >= 4 is 17.6 Å². The summed E-state index contributed by atoms with van der Waals surface area (Å²) >= 11 is 0. The molecule has 8 heteroatoms. The third-order valence-corrected chi connectivity index (χ3v) is 6.31. The Kier molecular flexibility index (Phi) is 4.27. The number of carbonyl (C=O) groups excluding carboxylic acids is 1. The molecule has 0 aromatic heterocycles. The van der Waals surface area contributed by atoms with Gasteiger partial charge < -0.3 is 15.2 Å². The maximum atomic E-state index is 14.6. The second kappa shape index (κ2) is 6.79. The fraction of sp³-hybridized carbons (Fsp3) is 0.348. The first-order chi connectivity index (χ1) is 14.9. The van der Waals surface area contributed by atoms with Crippen LogP contribution in [-0.4, -0.2) is 42.6 Å². The van der Waals surface area contributed by atoms with Crippen molar-refractivity contribution in [2.45, 2.75) is 30.4 Å². The Morgan fingerprint density at radius 2 is 2.13 bits per heavy atom. The Hall–Kier alpha value is -3.44. The average Bonchev–Trinajstić information content (AvgIpc) is 2.98. The Bertz CT molecular complexity index is 1170. The van der Waals surface area contributed by atoms with Gasteiger partial charge >= 0.3 is 0 Å². The first-order valence-corrected chi connectivity index (χ1v) is 10.1. The van der Waals surface area contributed by atoms with Gasteiger partial charge in [-0.3, -0.25) is 9.69 Å². The van der Waals surface area contributed by atoms with Gasteiger partial charge in [-0.25, -0.2) is 14.2 Å². The zero-order valence-corrected chi connectivity index (χ0v) is 17.0. The van der Waals surface area contributed by atoms with Crippen LogP contribution in [0.4, 0.5) is 10.1 Å². The highest BCUT2D eigenvalue weighted by atomic mass is 19.1. The number of guanidine groups is 1. The van der Waals surface area contributed by atoms with Crippen molar-refractivity contribution < 1.29 is 18.7 Å². The van der Waals surface area contributed by atoms with Gasteiger partial charge in [0.05, 0.1) is 13.2 Å². The van der Waals surface area contributed by atoms with Crippen molar-refractivity contribution in [2.75, 3.05) is 20.3 Å². The summed E-state index contributed by atoms with van der Waals surface area (Å²) in [5.74, 6) is -0.0426. The molecule has 2 N–H and O–H groups in total. The SMILES string of the molecule is [C-]#[N+]c1ccc(F)c(-c2ccc3c(c2)C2(CC4(CCCOC4)O3)N=C(N)N(C)C2=O)c1. The number of ether oxygens (including phenoxy) is 2. The first kappa shape index (κ1) is 19.5. The van der Waals surface area contributed by atoms with E-state index < -0.39 is 17.0 Å². The van der Waals surface area contributed by atoms with Crippen molar-refractivity contribution in [3.8, 4) is 16.9 Å². The van der Waals surface area contributed by atoms with Gasteiger partial charge in [0.15, 0.2) is 17.2 Å². The van der Waals surface area contributed by atoms with Crippen molar-refractivity contribution in [3.05, 3.63) is 59.2 Å². The van der Waals surface area contributed by atoms with E-state index in [1.807, 2.05) is 0 Å². The minimum atomic E-state index is -1.25. The number of benzene rings is 2. The maximum Gasteiger partial charge on any atom is 0.261 e. The van der Waals surface area contributed by atoms with E-state index in [2.05, 4.69) is 9.84 Å². The summed E-state index contributed by atoms with van der Waals surface area (Å²) in [5.41, 5.74) is 5.82. The van der Waals surface area contributed by atoms with E-state index in [-0.39, 0.29) is 17.4 Å². The van der Waals surface area contributed by atoms with E-state index >= 15 is 0 Å². The summed E-state index contributed by atoms with van der Waals surface area (Å²) in [6.07, 6.45) is 1.86. The average molecular weight is 420 g/mol. The zero-order valence-electron chi connectivity index (χ0n) is 17.0. The van der Waals surface area contributed by atoms with Crippen LogP contribution in [0, 0.1) is 12.4 Å². The number of hydrogen-bond donors (Lipinski definition) is 1. The fourth-order valence-corrected chi connectivity index (χ4v) is 4.78. The molecule has 31 heavy (non-hydrogen) atoms. The third kappa shape index (κ3) is 2.88. The van der Waals surface area contributed by atoms with E-state index in [1.165, 1.54) is 23.1 Å². The van der Waals surface area contributed by atoms with Crippen molar-refractivity contribution in [3.63, 3.8) is 0 Å². The van der Waals surface area contributed by atoms with E-state index in [1.54, 1.807) is 25.2 Å². The lowest BCUT2D eigenvalue weighted by molar-refractivity contribution is -0.139. The predicted molar refractivity (Wildman–Crippen MR) is 112 cm³/mol. The molecule has 1 fully saturated rings. The fourth-order valence-electron chi connectivity index (χ4n) is 4.78. The number of likely N-dealkylation sites (N-methyl/N-ethyl adjacent to an activating group) is 1. The van der Waals surface area contributed by atoms with E-state index in [0.717, 1.165) is 12.8 Å². The molecule has 2 unspecified atom stereocenters. The molecule has 2 aromatic carbocycles. The van der Waals surface area contributed by atoms with Crippen molar-refractivity contribution in [2.24, 2.45) is 10.7 Å². The molecule has 7 nitrogen and oxygen atoms in total. The van der Waals surface area contributed by atoms with Gasteiger partial charge in [-0.2, -0.15) is 0 Å². The molecule has 2 atom stereocenters. The standard InChI is InChI=1S/C23H21FN4O3/c1-26-15-5-6-18(24)16(11-15)14-4-7-19-17(10-14)23(20(29)28(2)21(25)27-23)12-22(31-19)8-3-9-30-13-22/h4-7,10-11H,3,8-9,12-13H2,2H3,(H2,25,27). The highest BCUT2D eigenvalue weighted by Gasteiger charge is 2.58. The Morgan fingerprint density at radius 3 is 2.81 bits per heavy atom. The van der Waals surface area contributed by atoms with Crippen LogP contribution in [0.5, 0.6) is 5.75 Å². The number of halogens is 1. The number of hydrogen-bond acceptors (Lipinski definition) is 5. The van der Waals surface area contributed by atoms with Gasteiger partial charge in [-0.05, 0) is 42.7 Å². The van der Waals surface area contributed by atoms with Gasteiger partial charge in [-0.1, -0.05) is 12.1 Å². The molecule has 0 saturated carbocycles. The van der Waals surface area contributed by atoms with Gasteiger partial charge in [0.1, 0.15) is 17.2 Å². The minimum absolute atomic E-state index is 0.135. The molecular weight excluding hydrogens is 399 g/mol. The quantitative estimate of drug-likeness (QED) is 0.718. The molecule has 158 valence electrons. The smallest absolute Gasteiger partial charge is 0.261 e. The highest BCUT2D eigenvalue weighted by molar-refractivity contribution is 6.07. The lowest BCUT2D eigenvalue weighted by Gasteiger charge is -2.46. The van der Waals surface area contributed by atoms with Crippen LogP contribution >= 0.6 is 0 Å². The van der Waals surface area contributed by atoms with Crippen LogP contribution in [0.3, 0.4) is 0 Å². The van der Waals surface area contributed by atoms with Gasteiger partial charge in [0.2, 0.25) is 0 Å². The van der Waals surface area contributed by atoms with Crippen LogP contribution in [0.1, 0.15) is 24.8 Å². The van der Waals surface area contributed by atoms with Crippen LogP contribution < -0.4 is 10.5 Å². The van der Waals surface area contributed by atoms with Crippen molar-refractivity contribution in [1.82, 2.24) is 4.90 Å². The third-order valence-electron chi connectivity index (χ3n) is 6.31. The van der Waals surface area contributed by atoms with Crippen LogP contribution in [0.25, 0.3) is 16.0 Å². The highest BCUT2D eigenvalue weighted by Crippen LogP contribution is 2.52. The lowest BCUT2D eigenvalue weighted by Crippen LogP contribution is -2.55. The molecular formula is C23H21FN4O3. The molecule has 2 spiro atoms. The topological polar surface area (TPSA) is 81.5 Å². The van der Waals surface area contributed by atoms with Gasteiger partial charge in [0, 0.05) is 31.2 Å². The zero-order chi connectivity index (χ0) is 21.8. The summed E-state index contributed by atoms with van der Waals surface area (Å²) in [6, 6.07) is 9.40. The summed E-state index contributed by atoms with van der Waals surface area (Å²) in [6.45, 7) is 8.24. The predicted octanol–water partition coefficient (Wildman–Crippen LogP) is 3.36. The maximum absolute atomic E-state index is 14.6. The van der Waals surface area contributed by atoms with Crippen LogP contribution in [0.2, 0.25) is 0 Å². The molecule has 3 heterocycles. The number of carbonyl (C=O) groups is 1. The molecule has 3 aliphatic rings. The first-order valence-electron chi connectivity index (χ1n) is 10.1. The van der Waals surface area contributed by atoms with Crippen LogP contribution in [0.15, 0.2) is 41.4 Å². The Morgan fingerprint density at radius 1 is 1.29 bits per heavy atom. The molecule has 1 saturated heterocycles. The summed E-state index contributed by atoms with van der Waals surface area (Å²) in [5, 5.41) is 0. The van der Waals surface area contributed by atoms with E-state index in [0.29, 0.717) is 42.2 Å². The number of nitrogens with zero attached hydrogens (tertiary/aromatic N) is 3. The molecule has 0 radical (unpaired) electrons. The second-order valence-corrected chi connectivity index (χ2v) is 8.30. The summed E-state index contributed by atoms with van der Waals surface area (Å²) in [4.78, 5) is 22.8. The molecule has 3 aliphatic heterocycles. The van der Waals surface area contributed by atoms with Crippen molar-refractivity contribution in [1.29, 1.82) is 0 Å². The Balaban J connectivity index is 1.70. The molecule has 0 bridgehead atoms. The summed E-state index contributed by atoms with van der Waals surface area (Å²) in [7, 11) is 1.60. The largest absolute Gasteiger partial charge is 0.484 e. The second-order valence-electron chi connectivity index (χ2n) is 8.30. The van der Waals surface area contributed by atoms with Crippen LogP contribution in [-0.2, 0) is 15.1 Å². The number of aliphatic imine (C=N–C) groups is 1. The minimum Gasteiger partial charge on any atom is -0.484 e. The normalized spacial score (nSPS) is 27.1. The molecule has 2 aromatic rings.